The van der Waals surface area contributed by atoms with Gasteiger partial charge in [-0.05, 0) is 47.0 Å². The van der Waals surface area contributed by atoms with Gasteiger partial charge in [0, 0.05) is 12.6 Å². The third kappa shape index (κ3) is 3.94. The monoisotopic (exact) mass is 350 g/mol. The van der Waals surface area contributed by atoms with Crippen LogP contribution < -0.4 is 10.6 Å². The molecule has 5 heteroatoms. The maximum Gasteiger partial charge on any atom is 0.261 e. The number of halogens is 1. The lowest BCUT2D eigenvalue weighted by Crippen LogP contribution is -2.38. The SMILES string of the molecule is CC(C)c1ccsc1C(=O)NCC1NCCc2ccccc21.Cl. The molecule has 0 bridgehead atoms. The van der Waals surface area contributed by atoms with Gasteiger partial charge in [-0.25, -0.2) is 0 Å². The summed E-state index contributed by atoms with van der Waals surface area (Å²) >= 11 is 1.53. The van der Waals surface area contributed by atoms with Crippen molar-refractivity contribution in [2.75, 3.05) is 13.1 Å². The Balaban J connectivity index is 0.00000192. The third-order valence-corrected chi connectivity index (χ3v) is 5.14. The van der Waals surface area contributed by atoms with E-state index >= 15 is 0 Å². The fourth-order valence-corrected chi connectivity index (χ4v) is 3.98. The van der Waals surface area contributed by atoms with Crippen LogP contribution in [0.5, 0.6) is 0 Å². The summed E-state index contributed by atoms with van der Waals surface area (Å²) in [5.41, 5.74) is 3.84. The summed E-state index contributed by atoms with van der Waals surface area (Å²) in [5, 5.41) is 8.60. The highest BCUT2D eigenvalue weighted by Gasteiger charge is 2.21. The molecule has 1 amide bonds. The third-order valence-electron chi connectivity index (χ3n) is 4.21. The van der Waals surface area contributed by atoms with Gasteiger partial charge in [0.25, 0.3) is 5.91 Å². The van der Waals surface area contributed by atoms with Crippen LogP contribution in [0, 0.1) is 0 Å². The first kappa shape index (κ1) is 18.0. The minimum Gasteiger partial charge on any atom is -0.349 e. The van der Waals surface area contributed by atoms with Gasteiger partial charge in [-0.2, -0.15) is 0 Å². The van der Waals surface area contributed by atoms with E-state index in [-0.39, 0.29) is 24.4 Å². The van der Waals surface area contributed by atoms with Crippen LogP contribution in [0.2, 0.25) is 0 Å². The molecule has 0 fully saturated rings. The summed E-state index contributed by atoms with van der Waals surface area (Å²) in [7, 11) is 0. The first-order valence-corrected chi connectivity index (χ1v) is 8.71. The molecule has 23 heavy (non-hydrogen) atoms. The minimum atomic E-state index is 0. The van der Waals surface area contributed by atoms with Crippen molar-refractivity contribution in [2.45, 2.75) is 32.2 Å². The van der Waals surface area contributed by atoms with E-state index in [0.29, 0.717) is 12.5 Å². The van der Waals surface area contributed by atoms with E-state index in [1.165, 1.54) is 22.5 Å². The van der Waals surface area contributed by atoms with Gasteiger partial charge >= 0.3 is 0 Å². The topological polar surface area (TPSA) is 41.1 Å². The largest absolute Gasteiger partial charge is 0.349 e. The predicted octanol–water partition coefficient (Wildman–Crippen LogP) is 3.91. The molecule has 0 saturated heterocycles. The Bertz CT molecular complexity index is 669. The molecule has 1 atom stereocenters. The second-order valence-electron chi connectivity index (χ2n) is 6.03. The molecule has 0 spiro atoms. The van der Waals surface area contributed by atoms with E-state index in [1.54, 1.807) is 0 Å². The second-order valence-corrected chi connectivity index (χ2v) is 6.94. The van der Waals surface area contributed by atoms with Gasteiger partial charge in [0.2, 0.25) is 0 Å². The first-order valence-electron chi connectivity index (χ1n) is 7.83. The van der Waals surface area contributed by atoms with Crippen LogP contribution in [-0.2, 0) is 6.42 Å². The summed E-state index contributed by atoms with van der Waals surface area (Å²) in [5.74, 6) is 0.420. The van der Waals surface area contributed by atoms with Gasteiger partial charge in [0.15, 0.2) is 0 Å². The number of benzene rings is 1. The van der Waals surface area contributed by atoms with Gasteiger partial charge in [-0.15, -0.1) is 23.7 Å². The molecular weight excluding hydrogens is 328 g/mol. The summed E-state index contributed by atoms with van der Waals surface area (Å²) in [6.45, 7) is 5.84. The molecule has 0 aliphatic carbocycles. The zero-order valence-electron chi connectivity index (χ0n) is 13.5. The predicted molar refractivity (Wildman–Crippen MR) is 98.9 cm³/mol. The quantitative estimate of drug-likeness (QED) is 0.877. The van der Waals surface area contributed by atoms with E-state index in [9.17, 15) is 4.79 Å². The number of hydrogen-bond donors (Lipinski definition) is 2. The van der Waals surface area contributed by atoms with Crippen molar-refractivity contribution in [1.82, 2.24) is 10.6 Å². The van der Waals surface area contributed by atoms with Crippen molar-refractivity contribution in [1.29, 1.82) is 0 Å². The molecule has 1 aliphatic heterocycles. The van der Waals surface area contributed by atoms with Crippen LogP contribution >= 0.6 is 23.7 Å². The van der Waals surface area contributed by atoms with Crippen LogP contribution in [0.15, 0.2) is 35.7 Å². The molecular formula is C18H23ClN2OS. The Hall–Kier alpha value is -1.36. The van der Waals surface area contributed by atoms with Gasteiger partial charge in [0.1, 0.15) is 0 Å². The molecule has 3 rings (SSSR count). The molecule has 1 unspecified atom stereocenters. The standard InChI is InChI=1S/C18H22N2OS.ClH/c1-12(2)14-8-10-22-17(14)18(21)20-11-16-15-6-4-3-5-13(15)7-9-19-16;/h3-6,8,10,12,16,19H,7,9,11H2,1-2H3,(H,20,21);1H. The lowest BCUT2D eigenvalue weighted by molar-refractivity contribution is 0.0952. The first-order chi connectivity index (χ1) is 10.7. The van der Waals surface area contributed by atoms with Crippen molar-refractivity contribution in [3.05, 3.63) is 57.3 Å². The lowest BCUT2D eigenvalue weighted by atomic mass is 9.94. The highest BCUT2D eigenvalue weighted by Crippen LogP contribution is 2.25. The van der Waals surface area contributed by atoms with Crippen LogP contribution in [0.3, 0.4) is 0 Å². The molecule has 1 aromatic carbocycles. The fraction of sp³-hybridized carbons (Fsp3) is 0.389. The number of nitrogens with one attached hydrogen (secondary N) is 2. The van der Waals surface area contributed by atoms with Crippen molar-refractivity contribution >= 4 is 29.7 Å². The normalized spacial score (nSPS) is 16.6. The smallest absolute Gasteiger partial charge is 0.261 e. The molecule has 1 aromatic heterocycles. The average Bonchev–Trinajstić information content (AvgIpc) is 3.02. The Morgan fingerprint density at radius 3 is 2.91 bits per heavy atom. The van der Waals surface area contributed by atoms with Crippen LogP contribution in [0.4, 0.5) is 0 Å². The van der Waals surface area contributed by atoms with E-state index < -0.39 is 0 Å². The molecule has 2 aromatic rings. The molecule has 0 saturated carbocycles. The summed E-state index contributed by atoms with van der Waals surface area (Å²) < 4.78 is 0. The van der Waals surface area contributed by atoms with Crippen molar-refractivity contribution in [3.8, 4) is 0 Å². The zero-order valence-corrected chi connectivity index (χ0v) is 15.1. The van der Waals surface area contributed by atoms with Gasteiger partial charge in [-0.1, -0.05) is 38.1 Å². The number of fused-ring (bicyclic) bond motifs is 1. The number of amides is 1. The number of carbonyl (C=O) groups is 1. The molecule has 1 aliphatic rings. The number of hydrogen-bond acceptors (Lipinski definition) is 3. The van der Waals surface area contributed by atoms with E-state index in [1.807, 2.05) is 5.38 Å². The van der Waals surface area contributed by atoms with Gasteiger partial charge in [0.05, 0.1) is 4.88 Å². The zero-order chi connectivity index (χ0) is 15.5. The highest BCUT2D eigenvalue weighted by molar-refractivity contribution is 7.12. The van der Waals surface area contributed by atoms with Crippen molar-refractivity contribution < 1.29 is 4.79 Å². The fourth-order valence-electron chi connectivity index (χ4n) is 3.01. The van der Waals surface area contributed by atoms with Crippen molar-refractivity contribution in [2.24, 2.45) is 0 Å². The molecule has 2 N–H and O–H groups in total. The van der Waals surface area contributed by atoms with Gasteiger partial charge < -0.3 is 10.6 Å². The highest BCUT2D eigenvalue weighted by atomic mass is 35.5. The molecule has 0 radical (unpaired) electrons. The summed E-state index contributed by atoms with van der Waals surface area (Å²) in [6, 6.07) is 10.7. The number of thiophene rings is 1. The van der Waals surface area contributed by atoms with E-state index in [2.05, 4.69) is 54.8 Å². The summed E-state index contributed by atoms with van der Waals surface area (Å²) in [6.07, 6.45) is 1.06. The molecule has 124 valence electrons. The molecule has 2 heterocycles. The molecule has 3 nitrogen and oxygen atoms in total. The number of carbonyl (C=O) groups excluding carboxylic acids is 1. The van der Waals surface area contributed by atoms with E-state index in [0.717, 1.165) is 23.4 Å². The Labute approximate surface area is 147 Å². The Morgan fingerprint density at radius 2 is 2.13 bits per heavy atom. The van der Waals surface area contributed by atoms with Crippen LogP contribution in [0.25, 0.3) is 0 Å². The maximum atomic E-state index is 12.5. The van der Waals surface area contributed by atoms with Crippen LogP contribution in [0.1, 0.15) is 52.2 Å². The average molecular weight is 351 g/mol. The van der Waals surface area contributed by atoms with Gasteiger partial charge in [-0.3, -0.25) is 4.79 Å². The van der Waals surface area contributed by atoms with Crippen molar-refractivity contribution in [3.63, 3.8) is 0 Å². The second kappa shape index (κ2) is 7.95. The number of rotatable bonds is 4. The van der Waals surface area contributed by atoms with Crippen LogP contribution in [-0.4, -0.2) is 19.0 Å². The maximum absolute atomic E-state index is 12.5. The van der Waals surface area contributed by atoms with E-state index in [4.69, 9.17) is 0 Å². The lowest BCUT2D eigenvalue weighted by Gasteiger charge is -2.27. The Kier molecular flexibility index (Phi) is 6.22. The summed E-state index contributed by atoms with van der Waals surface area (Å²) in [4.78, 5) is 13.3. The Morgan fingerprint density at radius 1 is 1.35 bits per heavy atom. The minimum absolute atomic E-state index is 0.